The molecule has 0 radical (unpaired) electrons. The largest absolute Gasteiger partial charge is 0.723 e. The molecule has 0 spiro atoms. The number of nitrogens with zero attached hydrogens (tertiary/aromatic N) is 3. The summed E-state index contributed by atoms with van der Waals surface area (Å²) < 4.78 is 4.02. The monoisotopic (exact) mass is 239 g/mol. The highest BCUT2D eigenvalue weighted by Gasteiger charge is 2.71. The molecule has 0 saturated carbocycles. The van der Waals surface area contributed by atoms with Crippen LogP contribution in [0.25, 0.3) is 0 Å². The van der Waals surface area contributed by atoms with Crippen LogP contribution in [0.2, 0.25) is 0 Å². The molecule has 0 heterocycles. The lowest BCUT2D eigenvalue weighted by Gasteiger charge is -2.08. The summed E-state index contributed by atoms with van der Waals surface area (Å²) in [5.41, 5.74) is 0. The molecule has 0 unspecified atom stereocenters. The predicted octanol–water partition coefficient (Wildman–Crippen LogP) is -1.43. The van der Waals surface area contributed by atoms with Crippen LogP contribution in [0, 0.1) is 30.3 Å². The summed E-state index contributed by atoms with van der Waals surface area (Å²) in [5.74, 6) is -5.35. The quantitative estimate of drug-likeness (QED) is 0.316. The summed E-state index contributed by atoms with van der Waals surface area (Å²) in [6.45, 7) is -2.69. The fourth-order valence-corrected chi connectivity index (χ4v) is 0.633. The fourth-order valence-electron chi connectivity index (χ4n) is 0.633. The van der Waals surface area contributed by atoms with Crippen LogP contribution in [-0.4, -0.2) is 44.8 Å². The number of carboxylic acids is 1. The smallest absolute Gasteiger partial charge is 0.480 e. The summed E-state index contributed by atoms with van der Waals surface area (Å²) in [6, 6.07) is 0. The highest BCUT2D eigenvalue weighted by molar-refractivity contribution is 5.67. The summed E-state index contributed by atoms with van der Waals surface area (Å²) in [6.07, 6.45) is 0. The Balaban J connectivity index is 4.92. The Kier molecular flexibility index (Phi) is 4.19. The van der Waals surface area contributed by atoms with Crippen LogP contribution in [0.5, 0.6) is 0 Å². The third kappa shape index (κ3) is 2.57. The van der Waals surface area contributed by atoms with Gasteiger partial charge >= 0.3 is 11.8 Å². The maximum absolute atomic E-state index is 10.3. The standard InChI is InChI=1S/C4H5N3O9/c8-3(9)1-16-2-4(5(10)11,6(12)13)7(14)15/h1-2H2,(H,8,9). The van der Waals surface area contributed by atoms with Crippen molar-refractivity contribution in [2.24, 2.45) is 0 Å². The van der Waals surface area contributed by atoms with E-state index in [-0.39, 0.29) is 0 Å². The first-order chi connectivity index (χ1) is 7.25. The number of ether oxygens (including phenoxy) is 1. The molecule has 0 aromatic heterocycles. The van der Waals surface area contributed by atoms with Crippen molar-refractivity contribution in [3.8, 4) is 0 Å². The van der Waals surface area contributed by atoms with Gasteiger partial charge in [0.05, 0.1) is 0 Å². The minimum atomic E-state index is -3.78. The molecule has 0 aliphatic rings. The van der Waals surface area contributed by atoms with E-state index >= 15 is 0 Å². The van der Waals surface area contributed by atoms with Gasteiger partial charge in [0.2, 0.25) is 0 Å². The van der Waals surface area contributed by atoms with Gasteiger partial charge in [-0.25, -0.2) is 4.79 Å². The molecule has 0 aliphatic heterocycles. The average molecular weight is 239 g/mol. The summed E-state index contributed by atoms with van der Waals surface area (Å²) in [4.78, 5) is 35.5. The van der Waals surface area contributed by atoms with Crippen molar-refractivity contribution in [3.05, 3.63) is 30.3 Å². The van der Waals surface area contributed by atoms with E-state index in [2.05, 4.69) is 4.74 Å². The molecular weight excluding hydrogens is 234 g/mol. The molecule has 0 aromatic rings. The van der Waals surface area contributed by atoms with Crippen molar-refractivity contribution >= 4 is 5.97 Å². The van der Waals surface area contributed by atoms with Gasteiger partial charge in [0, 0.05) is 0 Å². The molecule has 0 rings (SSSR count). The molecule has 90 valence electrons. The first kappa shape index (κ1) is 13.6. The molecule has 12 heteroatoms. The summed E-state index contributed by atoms with van der Waals surface area (Å²) >= 11 is 0. The van der Waals surface area contributed by atoms with Crippen LogP contribution in [0.1, 0.15) is 0 Å². The first-order valence-corrected chi connectivity index (χ1v) is 3.48. The molecule has 0 atom stereocenters. The van der Waals surface area contributed by atoms with E-state index in [1.54, 1.807) is 0 Å². The Bertz CT molecular complexity index is 302. The topological polar surface area (TPSA) is 176 Å². The zero-order valence-corrected chi connectivity index (χ0v) is 7.47. The van der Waals surface area contributed by atoms with E-state index in [4.69, 9.17) is 5.11 Å². The second-order valence-corrected chi connectivity index (χ2v) is 2.43. The Labute approximate surface area is 85.9 Å². The van der Waals surface area contributed by atoms with Crippen molar-refractivity contribution in [2.75, 3.05) is 13.2 Å². The highest BCUT2D eigenvalue weighted by Crippen LogP contribution is 2.12. The van der Waals surface area contributed by atoms with Crippen LogP contribution < -0.4 is 0 Å². The van der Waals surface area contributed by atoms with Crippen LogP contribution in [0.3, 0.4) is 0 Å². The van der Waals surface area contributed by atoms with Gasteiger partial charge in [0.25, 0.3) is 6.61 Å². The first-order valence-electron chi connectivity index (χ1n) is 3.48. The molecule has 1 N–H and O–H groups in total. The van der Waals surface area contributed by atoms with Crippen molar-refractivity contribution in [1.29, 1.82) is 0 Å². The van der Waals surface area contributed by atoms with Crippen molar-refractivity contribution in [1.82, 2.24) is 0 Å². The minimum absolute atomic E-state index is 1.11. The van der Waals surface area contributed by atoms with Crippen LogP contribution in [-0.2, 0) is 9.53 Å². The number of hydrogen-bond donors (Lipinski definition) is 1. The van der Waals surface area contributed by atoms with Crippen molar-refractivity contribution < 1.29 is 29.4 Å². The lowest BCUT2D eigenvalue weighted by atomic mass is 10.4. The molecule has 0 aromatic carbocycles. The second-order valence-electron chi connectivity index (χ2n) is 2.43. The van der Waals surface area contributed by atoms with Crippen LogP contribution in [0.15, 0.2) is 0 Å². The number of aliphatic carboxylic acids is 1. The third-order valence-electron chi connectivity index (χ3n) is 1.40. The van der Waals surface area contributed by atoms with E-state index in [1.165, 1.54) is 0 Å². The molecule has 0 amide bonds. The van der Waals surface area contributed by atoms with E-state index in [1.807, 2.05) is 0 Å². The van der Waals surface area contributed by atoms with Crippen LogP contribution >= 0.6 is 0 Å². The molecule has 0 bridgehead atoms. The number of rotatable bonds is 7. The molecule has 0 fully saturated rings. The van der Waals surface area contributed by atoms with Gasteiger partial charge in [-0.05, 0) is 0 Å². The van der Waals surface area contributed by atoms with Gasteiger partial charge < -0.3 is 9.84 Å². The van der Waals surface area contributed by atoms with Gasteiger partial charge in [-0.2, -0.15) is 0 Å². The van der Waals surface area contributed by atoms with E-state index in [9.17, 15) is 35.1 Å². The molecule has 12 nitrogen and oxygen atoms in total. The van der Waals surface area contributed by atoms with E-state index in [0.29, 0.717) is 0 Å². The summed E-state index contributed by atoms with van der Waals surface area (Å²) in [5, 5.41) is 38.9. The number of carboxylic acid groups (broad SMARTS) is 1. The zero-order chi connectivity index (χ0) is 12.9. The zero-order valence-electron chi connectivity index (χ0n) is 7.47. The highest BCUT2D eigenvalue weighted by atomic mass is 16.7. The molecule has 0 aliphatic carbocycles. The van der Waals surface area contributed by atoms with Gasteiger partial charge in [-0.15, -0.1) is 0 Å². The Hall–Kier alpha value is -2.37. The van der Waals surface area contributed by atoms with Gasteiger partial charge in [0.1, 0.15) is 6.61 Å². The van der Waals surface area contributed by atoms with Crippen molar-refractivity contribution in [2.45, 2.75) is 5.79 Å². The maximum atomic E-state index is 10.3. The Morgan fingerprint density at radius 2 is 1.50 bits per heavy atom. The third-order valence-corrected chi connectivity index (χ3v) is 1.40. The van der Waals surface area contributed by atoms with E-state index < -0.39 is 39.7 Å². The lowest BCUT2D eigenvalue weighted by molar-refractivity contribution is -0.970. The predicted molar refractivity (Wildman–Crippen MR) is 42.2 cm³/mol. The van der Waals surface area contributed by atoms with Gasteiger partial charge in [0.15, 0.2) is 14.8 Å². The Morgan fingerprint density at radius 3 is 1.75 bits per heavy atom. The number of nitro groups is 3. The van der Waals surface area contributed by atoms with E-state index in [0.717, 1.165) is 0 Å². The molecule has 16 heavy (non-hydrogen) atoms. The SMILES string of the molecule is O=C(O)COCC([N+](=O)[O-])([N+](=O)[O-])[N+](=O)[O-]. The minimum Gasteiger partial charge on any atom is -0.480 e. The van der Waals surface area contributed by atoms with Crippen molar-refractivity contribution in [3.63, 3.8) is 0 Å². The lowest BCUT2D eigenvalue weighted by Crippen LogP contribution is -2.56. The maximum Gasteiger partial charge on any atom is 0.723 e. The normalized spacial score (nSPS) is 10.8. The van der Waals surface area contributed by atoms with Crippen LogP contribution in [0.4, 0.5) is 0 Å². The summed E-state index contributed by atoms with van der Waals surface area (Å²) in [7, 11) is 0. The van der Waals surface area contributed by atoms with Gasteiger partial charge in [-0.3, -0.25) is 30.3 Å². The molecule has 0 saturated heterocycles. The molecular formula is C4H5N3O9. The number of carbonyl (C=O) groups is 1. The fraction of sp³-hybridized carbons (Fsp3) is 0.750. The average Bonchev–Trinajstić information content (AvgIpc) is 2.09. The second kappa shape index (κ2) is 4.92. The van der Waals surface area contributed by atoms with Gasteiger partial charge in [-0.1, -0.05) is 0 Å². The Morgan fingerprint density at radius 1 is 1.12 bits per heavy atom. The number of hydrogen-bond acceptors (Lipinski definition) is 8.